The van der Waals surface area contributed by atoms with Gasteiger partial charge in [-0.1, -0.05) is 19.6 Å². The Morgan fingerprint density at radius 2 is 1.93 bits per heavy atom. The van der Waals surface area contributed by atoms with Gasteiger partial charge in [0, 0.05) is 6.42 Å². The molecule has 0 spiro atoms. The SMILES string of the molecule is COC=NC(C)(C)CCC#C[Si](C)(C)C. The van der Waals surface area contributed by atoms with E-state index in [1.165, 1.54) is 6.40 Å². The Hall–Kier alpha value is -0.753. The molecule has 0 saturated carbocycles. The average Bonchev–Trinajstić information content (AvgIpc) is 2.08. The molecule has 2 nitrogen and oxygen atoms in total. The van der Waals surface area contributed by atoms with Crippen molar-refractivity contribution < 1.29 is 4.74 Å². The van der Waals surface area contributed by atoms with Gasteiger partial charge in [-0.3, -0.25) is 4.99 Å². The molecule has 0 aromatic rings. The molecule has 0 atom stereocenters. The van der Waals surface area contributed by atoms with Crippen LogP contribution in [0.4, 0.5) is 0 Å². The molecule has 0 aliphatic carbocycles. The Kier molecular flexibility index (Phi) is 5.67. The van der Waals surface area contributed by atoms with Crippen molar-refractivity contribution >= 4 is 14.5 Å². The summed E-state index contributed by atoms with van der Waals surface area (Å²) in [4.78, 5) is 4.30. The molecule has 86 valence electrons. The van der Waals surface area contributed by atoms with Crippen LogP contribution in [0.25, 0.3) is 0 Å². The molecule has 0 radical (unpaired) electrons. The Morgan fingerprint density at radius 1 is 1.33 bits per heavy atom. The maximum Gasteiger partial charge on any atom is 0.169 e. The lowest BCUT2D eigenvalue weighted by molar-refractivity contribution is 0.401. The minimum atomic E-state index is -1.20. The van der Waals surface area contributed by atoms with Crippen molar-refractivity contribution in [1.82, 2.24) is 0 Å². The maximum absolute atomic E-state index is 4.82. The van der Waals surface area contributed by atoms with Crippen LogP contribution in [0.15, 0.2) is 4.99 Å². The second kappa shape index (κ2) is 5.97. The third kappa shape index (κ3) is 9.55. The van der Waals surface area contributed by atoms with Gasteiger partial charge in [-0.2, -0.15) is 0 Å². The lowest BCUT2D eigenvalue weighted by Gasteiger charge is -2.17. The first-order chi connectivity index (χ1) is 6.77. The van der Waals surface area contributed by atoms with Gasteiger partial charge in [0.05, 0.1) is 12.6 Å². The fourth-order valence-corrected chi connectivity index (χ4v) is 1.61. The van der Waals surface area contributed by atoms with Gasteiger partial charge in [-0.25, -0.2) is 0 Å². The van der Waals surface area contributed by atoms with E-state index in [2.05, 4.69) is 49.9 Å². The molecule has 0 bridgehead atoms. The van der Waals surface area contributed by atoms with E-state index in [0.717, 1.165) is 12.8 Å². The number of rotatable bonds is 4. The van der Waals surface area contributed by atoms with Crippen LogP contribution in [0, 0.1) is 11.5 Å². The highest BCUT2D eigenvalue weighted by Crippen LogP contribution is 2.15. The van der Waals surface area contributed by atoms with Gasteiger partial charge in [0.25, 0.3) is 0 Å². The normalized spacial score (nSPS) is 12.4. The number of nitrogens with zero attached hydrogens (tertiary/aromatic N) is 1. The highest BCUT2D eigenvalue weighted by atomic mass is 28.3. The Labute approximate surface area is 95.1 Å². The third-order valence-corrected chi connectivity index (χ3v) is 2.76. The van der Waals surface area contributed by atoms with Gasteiger partial charge in [0.15, 0.2) is 6.40 Å². The van der Waals surface area contributed by atoms with E-state index in [9.17, 15) is 0 Å². The molecule has 0 aromatic heterocycles. The zero-order chi connectivity index (χ0) is 11.9. The molecule has 0 unspecified atom stereocenters. The smallest absolute Gasteiger partial charge is 0.169 e. The van der Waals surface area contributed by atoms with Crippen molar-refractivity contribution in [1.29, 1.82) is 0 Å². The molecule has 0 aromatic carbocycles. The van der Waals surface area contributed by atoms with Crippen molar-refractivity contribution in [2.24, 2.45) is 4.99 Å². The molecule has 0 aliphatic heterocycles. The van der Waals surface area contributed by atoms with Crippen molar-refractivity contribution in [2.45, 2.75) is 51.9 Å². The average molecular weight is 225 g/mol. The second-order valence-corrected chi connectivity index (χ2v) is 10.1. The van der Waals surface area contributed by atoms with Gasteiger partial charge in [0.1, 0.15) is 8.07 Å². The number of methoxy groups -OCH3 is 1. The molecule has 3 heteroatoms. The van der Waals surface area contributed by atoms with E-state index in [4.69, 9.17) is 4.74 Å². The lowest BCUT2D eigenvalue weighted by Crippen LogP contribution is -2.18. The Bertz CT molecular complexity index is 266. The van der Waals surface area contributed by atoms with Crippen molar-refractivity contribution in [3.8, 4) is 11.5 Å². The monoisotopic (exact) mass is 225 g/mol. The third-order valence-electron chi connectivity index (χ3n) is 1.83. The topological polar surface area (TPSA) is 21.6 Å². The quantitative estimate of drug-likeness (QED) is 0.312. The van der Waals surface area contributed by atoms with Crippen molar-refractivity contribution in [3.63, 3.8) is 0 Å². The van der Waals surface area contributed by atoms with Crippen LogP contribution in [0.5, 0.6) is 0 Å². The molecule has 0 fully saturated rings. The minimum Gasteiger partial charge on any atom is -0.487 e. The Balaban J connectivity index is 4.04. The molecule has 15 heavy (non-hydrogen) atoms. The minimum absolute atomic E-state index is 0.0653. The molecule has 0 heterocycles. The summed E-state index contributed by atoms with van der Waals surface area (Å²) in [6, 6.07) is 0. The van der Waals surface area contributed by atoms with Crippen LogP contribution >= 0.6 is 0 Å². The van der Waals surface area contributed by atoms with E-state index >= 15 is 0 Å². The van der Waals surface area contributed by atoms with E-state index in [-0.39, 0.29) is 5.54 Å². The summed E-state index contributed by atoms with van der Waals surface area (Å²) in [5.41, 5.74) is 3.29. The molecule has 0 aliphatic rings. The summed E-state index contributed by atoms with van der Waals surface area (Å²) >= 11 is 0. The molecular weight excluding hydrogens is 202 g/mol. The first-order valence-electron chi connectivity index (χ1n) is 5.33. The molecule has 0 rings (SSSR count). The van der Waals surface area contributed by atoms with E-state index < -0.39 is 8.07 Å². The van der Waals surface area contributed by atoms with Gasteiger partial charge < -0.3 is 4.74 Å². The van der Waals surface area contributed by atoms with E-state index in [0.29, 0.717) is 0 Å². The standard InChI is InChI=1S/C12H23NOSi/c1-12(2,13-11-14-3)9-7-8-10-15(4,5)6/h11H,7,9H2,1-6H3. The largest absolute Gasteiger partial charge is 0.487 e. The zero-order valence-corrected chi connectivity index (χ0v) is 11.8. The molecule has 0 saturated heterocycles. The maximum atomic E-state index is 4.82. The fraction of sp³-hybridized carbons (Fsp3) is 0.750. The van der Waals surface area contributed by atoms with Crippen LogP contribution in [0.2, 0.25) is 19.6 Å². The predicted molar refractivity (Wildman–Crippen MR) is 69.9 cm³/mol. The molecule has 0 amide bonds. The number of ether oxygens (including phenoxy) is 1. The fourth-order valence-electron chi connectivity index (χ4n) is 0.956. The summed E-state index contributed by atoms with van der Waals surface area (Å²) in [5, 5.41) is 0. The van der Waals surface area contributed by atoms with Crippen molar-refractivity contribution in [3.05, 3.63) is 0 Å². The first kappa shape index (κ1) is 14.2. The van der Waals surface area contributed by atoms with Crippen LogP contribution in [0.3, 0.4) is 0 Å². The molecular formula is C12H23NOSi. The second-order valence-electron chi connectivity index (χ2n) is 5.33. The summed E-state index contributed by atoms with van der Waals surface area (Å²) < 4.78 is 4.82. The van der Waals surface area contributed by atoms with E-state index in [1.807, 2.05) is 0 Å². The summed E-state index contributed by atoms with van der Waals surface area (Å²) in [5.74, 6) is 3.25. The van der Waals surface area contributed by atoms with Gasteiger partial charge in [-0.15, -0.1) is 11.5 Å². The summed E-state index contributed by atoms with van der Waals surface area (Å²) in [7, 11) is 0.413. The van der Waals surface area contributed by atoms with Gasteiger partial charge in [0.2, 0.25) is 0 Å². The molecule has 0 N–H and O–H groups in total. The predicted octanol–water partition coefficient (Wildman–Crippen LogP) is 3.10. The first-order valence-corrected chi connectivity index (χ1v) is 8.83. The number of aliphatic imine (C=N–C) groups is 1. The lowest BCUT2D eigenvalue weighted by atomic mass is 10.00. The summed E-state index contributed by atoms with van der Waals surface area (Å²) in [6.45, 7) is 11.0. The zero-order valence-electron chi connectivity index (χ0n) is 10.8. The highest BCUT2D eigenvalue weighted by Gasteiger charge is 2.14. The van der Waals surface area contributed by atoms with Crippen LogP contribution < -0.4 is 0 Å². The van der Waals surface area contributed by atoms with Crippen LogP contribution in [-0.4, -0.2) is 27.1 Å². The van der Waals surface area contributed by atoms with Crippen LogP contribution in [0.1, 0.15) is 26.7 Å². The van der Waals surface area contributed by atoms with Crippen molar-refractivity contribution in [2.75, 3.05) is 7.11 Å². The number of hydrogen-bond donors (Lipinski definition) is 0. The highest BCUT2D eigenvalue weighted by molar-refractivity contribution is 6.83. The Morgan fingerprint density at radius 3 is 2.40 bits per heavy atom. The summed E-state index contributed by atoms with van der Waals surface area (Å²) in [6.07, 6.45) is 3.40. The van der Waals surface area contributed by atoms with E-state index in [1.54, 1.807) is 7.11 Å². The number of hydrogen-bond acceptors (Lipinski definition) is 2. The van der Waals surface area contributed by atoms with Gasteiger partial charge in [-0.05, 0) is 20.3 Å². The van der Waals surface area contributed by atoms with Gasteiger partial charge >= 0.3 is 0 Å². The van der Waals surface area contributed by atoms with Crippen LogP contribution in [-0.2, 0) is 4.74 Å².